The fourth-order valence-corrected chi connectivity index (χ4v) is 3.10. The van der Waals surface area contributed by atoms with Gasteiger partial charge in [0.1, 0.15) is 0 Å². The Morgan fingerprint density at radius 1 is 1.12 bits per heavy atom. The zero-order valence-electron chi connectivity index (χ0n) is 13.7. The predicted octanol–water partition coefficient (Wildman–Crippen LogP) is 4.31. The summed E-state index contributed by atoms with van der Waals surface area (Å²) >= 11 is 0. The fraction of sp³-hybridized carbons (Fsp3) is 0.316. The smallest absolute Gasteiger partial charge is 0.325 e. The van der Waals surface area contributed by atoms with Crippen LogP contribution in [0.3, 0.4) is 0 Å². The van der Waals surface area contributed by atoms with E-state index in [2.05, 4.69) is 22.8 Å². The molecule has 1 amide bonds. The van der Waals surface area contributed by atoms with E-state index in [0.717, 1.165) is 25.0 Å². The number of halogens is 3. The molecule has 2 aromatic rings. The lowest BCUT2D eigenvalue weighted by molar-refractivity contribution is -0.137. The number of fused-ring (bicyclic) bond motifs is 1. The van der Waals surface area contributed by atoms with E-state index >= 15 is 0 Å². The molecule has 0 aliphatic heterocycles. The molecule has 0 heterocycles. The average molecular weight is 348 g/mol. The highest BCUT2D eigenvalue weighted by Crippen LogP contribution is 2.31. The van der Waals surface area contributed by atoms with E-state index in [9.17, 15) is 18.0 Å². The summed E-state index contributed by atoms with van der Waals surface area (Å²) in [5.41, 5.74) is 2.10. The molecule has 0 radical (unpaired) electrons. The highest BCUT2D eigenvalue weighted by molar-refractivity contribution is 5.94. The molecule has 132 valence electrons. The first-order valence-corrected chi connectivity index (χ1v) is 8.16. The number of hydrogen-bond donors (Lipinski definition) is 2. The lowest BCUT2D eigenvalue weighted by Crippen LogP contribution is -2.39. The molecular weight excluding hydrogens is 329 g/mol. The summed E-state index contributed by atoms with van der Waals surface area (Å²) < 4.78 is 37.7. The molecular formula is C19H19F3N2O. The van der Waals surface area contributed by atoms with Crippen molar-refractivity contribution >= 4 is 11.6 Å². The summed E-state index contributed by atoms with van der Waals surface area (Å²) in [6.07, 6.45) is -2.48. The van der Waals surface area contributed by atoms with Crippen LogP contribution in [0.25, 0.3) is 0 Å². The molecule has 0 fully saturated rings. The number of carbonyl (C=O) groups is 1. The Hall–Kier alpha value is -2.34. The summed E-state index contributed by atoms with van der Waals surface area (Å²) in [6.45, 7) is 1.75. The third-order valence-electron chi connectivity index (χ3n) is 4.46. The van der Waals surface area contributed by atoms with Gasteiger partial charge in [-0.1, -0.05) is 24.3 Å². The van der Waals surface area contributed by atoms with Crippen molar-refractivity contribution in [1.29, 1.82) is 0 Å². The zero-order chi connectivity index (χ0) is 18.0. The van der Waals surface area contributed by atoms with E-state index in [1.54, 1.807) is 6.92 Å². The van der Waals surface area contributed by atoms with Crippen LogP contribution in [0.5, 0.6) is 0 Å². The van der Waals surface area contributed by atoms with Crippen LogP contribution in [0.4, 0.5) is 18.9 Å². The third-order valence-corrected chi connectivity index (χ3v) is 4.46. The van der Waals surface area contributed by atoms with Crippen molar-refractivity contribution in [3.05, 3.63) is 65.2 Å². The van der Waals surface area contributed by atoms with Crippen molar-refractivity contribution in [3.63, 3.8) is 0 Å². The average Bonchev–Trinajstić information content (AvgIpc) is 2.97. The van der Waals surface area contributed by atoms with Gasteiger partial charge in [0, 0.05) is 11.7 Å². The molecule has 0 spiro atoms. The standard InChI is InChI=1S/C19H19F3N2O/c1-12(23-17-11-6-13-4-2-3-5-16(13)17)18(25)24-15-9-7-14(8-10-15)19(20,21)22/h2-5,7-10,12,17,23H,6,11H2,1H3,(H,24,25)/t12-,17+/m1/s1. The van der Waals surface area contributed by atoms with Crippen LogP contribution in [-0.4, -0.2) is 11.9 Å². The summed E-state index contributed by atoms with van der Waals surface area (Å²) in [5, 5.41) is 5.95. The Morgan fingerprint density at radius 2 is 1.80 bits per heavy atom. The number of benzene rings is 2. The summed E-state index contributed by atoms with van der Waals surface area (Å²) in [5.74, 6) is -0.274. The first-order valence-electron chi connectivity index (χ1n) is 8.16. The fourth-order valence-electron chi connectivity index (χ4n) is 3.10. The molecule has 6 heteroatoms. The van der Waals surface area contributed by atoms with Crippen molar-refractivity contribution in [3.8, 4) is 0 Å². The van der Waals surface area contributed by atoms with Crippen LogP contribution in [0.1, 0.15) is 36.1 Å². The number of anilines is 1. The van der Waals surface area contributed by atoms with Crippen molar-refractivity contribution in [2.45, 2.75) is 38.0 Å². The Labute approximate surface area is 144 Å². The molecule has 1 aliphatic rings. The topological polar surface area (TPSA) is 41.1 Å². The van der Waals surface area contributed by atoms with E-state index in [1.165, 1.54) is 23.3 Å². The molecule has 1 aliphatic carbocycles. The molecule has 0 aromatic heterocycles. The number of amides is 1. The van der Waals surface area contributed by atoms with Crippen LogP contribution < -0.4 is 10.6 Å². The van der Waals surface area contributed by atoms with Gasteiger partial charge >= 0.3 is 6.18 Å². The molecule has 0 unspecified atom stereocenters. The van der Waals surface area contributed by atoms with E-state index in [0.29, 0.717) is 5.69 Å². The molecule has 0 saturated carbocycles. The minimum absolute atomic E-state index is 0.115. The van der Waals surface area contributed by atoms with Gasteiger partial charge in [-0.15, -0.1) is 0 Å². The van der Waals surface area contributed by atoms with Crippen molar-refractivity contribution in [2.75, 3.05) is 5.32 Å². The molecule has 2 N–H and O–H groups in total. The van der Waals surface area contributed by atoms with Crippen LogP contribution >= 0.6 is 0 Å². The minimum Gasteiger partial charge on any atom is -0.325 e. The summed E-state index contributed by atoms with van der Waals surface area (Å²) in [4.78, 5) is 12.3. The van der Waals surface area contributed by atoms with Gasteiger partial charge in [0.25, 0.3) is 0 Å². The molecule has 0 saturated heterocycles. The monoisotopic (exact) mass is 348 g/mol. The first-order chi connectivity index (χ1) is 11.8. The second-order valence-corrected chi connectivity index (χ2v) is 6.24. The van der Waals surface area contributed by atoms with Crippen molar-refractivity contribution in [2.24, 2.45) is 0 Å². The molecule has 3 rings (SSSR count). The molecule has 2 atom stereocenters. The SMILES string of the molecule is C[C@@H](N[C@H]1CCc2ccccc21)C(=O)Nc1ccc(C(F)(F)F)cc1. The van der Waals surface area contributed by atoms with Gasteiger partial charge in [-0.05, 0) is 55.2 Å². The van der Waals surface area contributed by atoms with Crippen LogP contribution in [0.15, 0.2) is 48.5 Å². The van der Waals surface area contributed by atoms with E-state index < -0.39 is 17.8 Å². The van der Waals surface area contributed by atoms with Gasteiger partial charge in [0.2, 0.25) is 5.91 Å². The van der Waals surface area contributed by atoms with Crippen molar-refractivity contribution in [1.82, 2.24) is 5.32 Å². The normalized spacial score (nSPS) is 17.8. The first kappa shape index (κ1) is 17.5. The number of rotatable bonds is 4. The maximum absolute atomic E-state index is 12.6. The second-order valence-electron chi connectivity index (χ2n) is 6.24. The van der Waals surface area contributed by atoms with Gasteiger partial charge < -0.3 is 5.32 Å². The Balaban J connectivity index is 1.60. The summed E-state index contributed by atoms with van der Waals surface area (Å²) in [7, 11) is 0. The lowest BCUT2D eigenvalue weighted by Gasteiger charge is -2.20. The van der Waals surface area contributed by atoms with E-state index in [-0.39, 0.29) is 11.9 Å². The molecule has 2 aromatic carbocycles. The van der Waals surface area contributed by atoms with Crippen LogP contribution in [0.2, 0.25) is 0 Å². The zero-order valence-corrected chi connectivity index (χ0v) is 13.7. The predicted molar refractivity (Wildman–Crippen MR) is 90.2 cm³/mol. The molecule has 3 nitrogen and oxygen atoms in total. The van der Waals surface area contributed by atoms with Crippen LogP contribution in [-0.2, 0) is 17.4 Å². The number of carbonyl (C=O) groups excluding carboxylic acids is 1. The largest absolute Gasteiger partial charge is 0.416 e. The highest BCUT2D eigenvalue weighted by atomic mass is 19.4. The van der Waals surface area contributed by atoms with Crippen molar-refractivity contribution < 1.29 is 18.0 Å². The van der Waals surface area contributed by atoms with Gasteiger partial charge in [0.15, 0.2) is 0 Å². The number of hydrogen-bond acceptors (Lipinski definition) is 2. The highest BCUT2D eigenvalue weighted by Gasteiger charge is 2.30. The van der Waals surface area contributed by atoms with Gasteiger partial charge in [0.05, 0.1) is 11.6 Å². The second kappa shape index (κ2) is 6.88. The number of nitrogens with one attached hydrogen (secondary N) is 2. The minimum atomic E-state index is -4.38. The summed E-state index contributed by atoms with van der Waals surface area (Å²) in [6, 6.07) is 12.2. The number of alkyl halides is 3. The molecule has 0 bridgehead atoms. The molecule has 25 heavy (non-hydrogen) atoms. The maximum Gasteiger partial charge on any atom is 0.416 e. The Bertz CT molecular complexity index is 756. The lowest BCUT2D eigenvalue weighted by atomic mass is 10.1. The third kappa shape index (κ3) is 4.02. The van der Waals surface area contributed by atoms with Crippen LogP contribution in [0, 0.1) is 0 Å². The van der Waals surface area contributed by atoms with E-state index in [4.69, 9.17) is 0 Å². The van der Waals surface area contributed by atoms with Gasteiger partial charge in [-0.2, -0.15) is 13.2 Å². The van der Waals surface area contributed by atoms with Gasteiger partial charge in [-0.3, -0.25) is 10.1 Å². The van der Waals surface area contributed by atoms with Gasteiger partial charge in [-0.25, -0.2) is 0 Å². The Morgan fingerprint density at radius 3 is 2.48 bits per heavy atom. The quantitative estimate of drug-likeness (QED) is 0.864. The maximum atomic E-state index is 12.6. The Kier molecular flexibility index (Phi) is 4.81. The number of aryl methyl sites for hydroxylation is 1. The van der Waals surface area contributed by atoms with E-state index in [1.807, 2.05) is 12.1 Å².